The molecule has 1 unspecified atom stereocenters. The van der Waals surface area contributed by atoms with E-state index < -0.39 is 5.92 Å². The number of benzene rings is 2. The van der Waals surface area contributed by atoms with Gasteiger partial charge in [0.25, 0.3) is 0 Å². The fourth-order valence-electron chi connectivity index (χ4n) is 6.09. The van der Waals surface area contributed by atoms with Crippen molar-refractivity contribution in [1.82, 2.24) is 0 Å². The van der Waals surface area contributed by atoms with Crippen LogP contribution in [0.5, 0.6) is 23.0 Å². The van der Waals surface area contributed by atoms with Gasteiger partial charge in [-0.3, -0.25) is 4.79 Å². The van der Waals surface area contributed by atoms with Crippen LogP contribution in [0.25, 0.3) is 0 Å². The van der Waals surface area contributed by atoms with Crippen LogP contribution in [0.1, 0.15) is 108 Å². The average Bonchev–Trinajstić information content (AvgIpc) is 3.01. The number of hydrogen-bond acceptors (Lipinski definition) is 7. The van der Waals surface area contributed by atoms with Crippen molar-refractivity contribution in [3.8, 4) is 29.1 Å². The van der Waals surface area contributed by atoms with Crippen LogP contribution >= 0.6 is 0 Å². The summed E-state index contributed by atoms with van der Waals surface area (Å²) in [5.41, 5.74) is 8.15. The predicted molar refractivity (Wildman–Crippen MR) is 164 cm³/mol. The molecule has 1 saturated carbocycles. The number of rotatable bonds is 14. The summed E-state index contributed by atoms with van der Waals surface area (Å²) in [5, 5.41) is 10.00. The molecule has 1 fully saturated rings. The van der Waals surface area contributed by atoms with Crippen molar-refractivity contribution in [1.29, 1.82) is 5.26 Å². The Labute approximate surface area is 251 Å². The molecule has 2 aromatic carbocycles. The maximum absolute atomic E-state index is 13.0. The first-order valence-corrected chi connectivity index (χ1v) is 15.7. The number of unbranched alkanes of at least 4 members (excludes halogenated alkanes) is 5. The van der Waals surface area contributed by atoms with Gasteiger partial charge < -0.3 is 24.7 Å². The zero-order valence-electron chi connectivity index (χ0n) is 25.5. The Bertz CT molecular complexity index is 1270. The van der Waals surface area contributed by atoms with Crippen molar-refractivity contribution in [3.63, 3.8) is 0 Å². The van der Waals surface area contributed by atoms with Gasteiger partial charge in [0, 0.05) is 11.6 Å². The molecule has 4 rings (SSSR count). The number of nitriles is 1. The van der Waals surface area contributed by atoms with E-state index in [-0.39, 0.29) is 17.8 Å². The third-order valence-electron chi connectivity index (χ3n) is 8.58. The molecule has 2 aromatic rings. The van der Waals surface area contributed by atoms with Crippen molar-refractivity contribution >= 4 is 5.97 Å². The highest BCUT2D eigenvalue weighted by molar-refractivity contribution is 5.75. The maximum atomic E-state index is 13.0. The molecule has 2 N–H and O–H groups in total. The van der Waals surface area contributed by atoms with Crippen LogP contribution in [0.15, 0.2) is 47.9 Å². The van der Waals surface area contributed by atoms with E-state index in [4.69, 9.17) is 24.7 Å². The number of hydrogen-bond donors (Lipinski definition) is 1. The smallest absolute Gasteiger partial charge is 0.314 e. The molecule has 1 aliphatic carbocycles. The van der Waals surface area contributed by atoms with Crippen molar-refractivity contribution in [2.24, 2.45) is 17.6 Å². The Balaban J connectivity index is 1.47. The summed E-state index contributed by atoms with van der Waals surface area (Å²) >= 11 is 0. The van der Waals surface area contributed by atoms with E-state index in [0.717, 1.165) is 55.6 Å². The van der Waals surface area contributed by atoms with Gasteiger partial charge in [0.2, 0.25) is 5.88 Å². The quantitative estimate of drug-likeness (QED) is 0.138. The molecule has 1 aliphatic heterocycles. The molecule has 0 radical (unpaired) electrons. The number of carbonyl (C=O) groups is 1. The van der Waals surface area contributed by atoms with Crippen molar-refractivity contribution in [3.05, 3.63) is 59.0 Å². The molecule has 0 aromatic heterocycles. The first-order chi connectivity index (χ1) is 20.5. The first-order valence-electron chi connectivity index (χ1n) is 15.7. The van der Waals surface area contributed by atoms with Crippen LogP contribution in [0.4, 0.5) is 0 Å². The first kappa shape index (κ1) is 31.3. The van der Waals surface area contributed by atoms with E-state index in [2.05, 4.69) is 19.9 Å². The van der Waals surface area contributed by atoms with Gasteiger partial charge in [-0.2, -0.15) is 5.26 Å². The summed E-state index contributed by atoms with van der Waals surface area (Å²) in [6.07, 6.45) is 13.4. The number of allylic oxidation sites excluding steroid dienone is 1. The third-order valence-corrected chi connectivity index (χ3v) is 8.58. The van der Waals surface area contributed by atoms with Crippen LogP contribution in [-0.2, 0) is 4.79 Å². The lowest BCUT2D eigenvalue weighted by atomic mass is 9.80. The van der Waals surface area contributed by atoms with Gasteiger partial charge in [0.05, 0.1) is 25.6 Å². The molecule has 0 spiro atoms. The molecular weight excluding hydrogens is 528 g/mol. The molecule has 7 nitrogen and oxygen atoms in total. The second-order valence-electron chi connectivity index (χ2n) is 11.6. The Morgan fingerprint density at radius 2 is 1.74 bits per heavy atom. The van der Waals surface area contributed by atoms with Crippen molar-refractivity contribution in [2.75, 3.05) is 13.7 Å². The standard InChI is InChI=1S/C35H46N2O5/c1-4-6-8-9-10-20-40-30-19-16-26(21-32(30)39-3)33-28-18-17-27(22-31(28)42-34(37)29(33)23-36)41-35(38)25-14-12-24(13-15-25)11-7-5-2/h16-19,21-22,24-25,33H,4-15,20,37H2,1-3H3. The SMILES string of the molecule is CCCCCCCOc1ccc(C2C(C#N)=C(N)Oc3cc(OC(=O)C4CCC(CCCC)CC4)ccc32)cc1OC. The van der Waals surface area contributed by atoms with Gasteiger partial charge in [-0.1, -0.05) is 70.9 Å². The van der Waals surface area contributed by atoms with E-state index in [9.17, 15) is 10.1 Å². The molecule has 7 heteroatoms. The molecule has 0 saturated heterocycles. The van der Waals surface area contributed by atoms with E-state index in [1.165, 1.54) is 38.5 Å². The van der Waals surface area contributed by atoms with E-state index in [1.54, 1.807) is 19.2 Å². The van der Waals surface area contributed by atoms with Gasteiger partial charge in [0.1, 0.15) is 23.1 Å². The fourth-order valence-corrected chi connectivity index (χ4v) is 6.09. The lowest BCUT2D eigenvalue weighted by Crippen LogP contribution is -2.26. The minimum absolute atomic E-state index is 0.0373. The Hall–Kier alpha value is -3.66. The monoisotopic (exact) mass is 574 g/mol. The maximum Gasteiger partial charge on any atom is 0.314 e. The summed E-state index contributed by atoms with van der Waals surface area (Å²) in [4.78, 5) is 13.0. The lowest BCUT2D eigenvalue weighted by molar-refractivity contribution is -0.140. The lowest BCUT2D eigenvalue weighted by Gasteiger charge is -2.28. The summed E-state index contributed by atoms with van der Waals surface area (Å²) in [5.74, 6) is 2.18. The van der Waals surface area contributed by atoms with Crippen LogP contribution < -0.4 is 24.7 Å². The topological polar surface area (TPSA) is 104 Å². The summed E-state index contributed by atoms with van der Waals surface area (Å²) in [6.45, 7) is 5.05. The zero-order chi connectivity index (χ0) is 29.9. The summed E-state index contributed by atoms with van der Waals surface area (Å²) in [6, 6.07) is 13.3. The number of nitrogens with two attached hydrogens (primary N) is 1. The third kappa shape index (κ3) is 7.79. The zero-order valence-corrected chi connectivity index (χ0v) is 25.5. The Morgan fingerprint density at radius 1 is 0.976 bits per heavy atom. The number of nitrogens with zero attached hydrogens (tertiary/aromatic N) is 1. The van der Waals surface area contributed by atoms with Gasteiger partial charge in [-0.15, -0.1) is 0 Å². The summed E-state index contributed by atoms with van der Waals surface area (Å²) < 4.78 is 23.4. The van der Waals surface area contributed by atoms with E-state index >= 15 is 0 Å². The van der Waals surface area contributed by atoms with E-state index in [1.807, 2.05) is 24.3 Å². The van der Waals surface area contributed by atoms with Crippen LogP contribution in [-0.4, -0.2) is 19.7 Å². The van der Waals surface area contributed by atoms with Gasteiger partial charge in [-0.25, -0.2) is 0 Å². The fraction of sp³-hybridized carbons (Fsp3) is 0.543. The molecule has 226 valence electrons. The molecule has 0 amide bonds. The van der Waals surface area contributed by atoms with Gasteiger partial charge in [0.15, 0.2) is 11.5 Å². The largest absolute Gasteiger partial charge is 0.493 e. The second kappa shape index (κ2) is 15.5. The van der Waals surface area contributed by atoms with E-state index in [0.29, 0.717) is 35.2 Å². The van der Waals surface area contributed by atoms with Crippen LogP contribution in [0.3, 0.4) is 0 Å². The molecule has 0 bridgehead atoms. The highest BCUT2D eigenvalue weighted by atomic mass is 16.5. The number of fused-ring (bicyclic) bond motifs is 1. The average molecular weight is 575 g/mol. The van der Waals surface area contributed by atoms with Gasteiger partial charge in [-0.05, 0) is 61.8 Å². The second-order valence-corrected chi connectivity index (χ2v) is 11.6. The molecule has 1 atom stereocenters. The Morgan fingerprint density at radius 3 is 2.45 bits per heavy atom. The van der Waals surface area contributed by atoms with Crippen LogP contribution in [0.2, 0.25) is 0 Å². The molecule has 1 heterocycles. The Kier molecular flexibility index (Phi) is 11.6. The minimum Gasteiger partial charge on any atom is -0.493 e. The molecular formula is C35H46N2O5. The molecule has 2 aliphatic rings. The minimum atomic E-state index is -0.459. The normalized spacial score (nSPS) is 19.8. The highest BCUT2D eigenvalue weighted by Gasteiger charge is 2.32. The number of methoxy groups -OCH3 is 1. The van der Waals surface area contributed by atoms with Crippen molar-refractivity contribution in [2.45, 2.75) is 96.8 Å². The summed E-state index contributed by atoms with van der Waals surface area (Å²) in [7, 11) is 1.61. The van der Waals surface area contributed by atoms with Gasteiger partial charge >= 0.3 is 5.97 Å². The number of ether oxygens (including phenoxy) is 4. The van der Waals surface area contributed by atoms with Crippen molar-refractivity contribution < 1.29 is 23.7 Å². The van der Waals surface area contributed by atoms with Crippen LogP contribution in [0, 0.1) is 23.2 Å². The number of carbonyl (C=O) groups excluding carboxylic acids is 1. The number of esters is 1. The predicted octanol–water partition coefficient (Wildman–Crippen LogP) is 8.16. The highest BCUT2D eigenvalue weighted by Crippen LogP contribution is 2.45. The molecule has 42 heavy (non-hydrogen) atoms.